The number of aryl methyl sites for hydroxylation is 3. The molecule has 100 valence electrons. The summed E-state index contributed by atoms with van der Waals surface area (Å²) in [5.74, 6) is 0.161. The smallest absolute Gasteiger partial charge is 0.222 e. The van der Waals surface area contributed by atoms with Crippen LogP contribution in [0.3, 0.4) is 0 Å². The Balaban J connectivity index is 2.18. The van der Waals surface area contributed by atoms with E-state index in [4.69, 9.17) is 5.26 Å². The van der Waals surface area contributed by atoms with Crippen LogP contribution in [0.2, 0.25) is 0 Å². The molecular weight excluding hydrogens is 236 g/mol. The zero-order chi connectivity index (χ0) is 14.0. The van der Waals surface area contributed by atoms with E-state index < -0.39 is 0 Å². The van der Waals surface area contributed by atoms with Gasteiger partial charge in [0.2, 0.25) is 5.91 Å². The molecule has 1 aromatic carbocycles. The summed E-state index contributed by atoms with van der Waals surface area (Å²) >= 11 is 0. The van der Waals surface area contributed by atoms with Crippen LogP contribution in [0.15, 0.2) is 12.1 Å². The number of rotatable bonds is 2. The molecule has 0 aliphatic carbocycles. The van der Waals surface area contributed by atoms with E-state index in [0.29, 0.717) is 25.9 Å². The second kappa shape index (κ2) is 5.44. The number of amides is 1. The number of hydrogen-bond acceptors (Lipinski definition) is 2. The molecule has 0 aromatic heterocycles. The van der Waals surface area contributed by atoms with Gasteiger partial charge in [-0.3, -0.25) is 4.79 Å². The minimum Gasteiger partial charge on any atom is -0.337 e. The summed E-state index contributed by atoms with van der Waals surface area (Å²) in [6.45, 7) is 7.47. The molecule has 1 amide bonds. The highest BCUT2D eigenvalue weighted by molar-refractivity contribution is 5.77. The van der Waals surface area contributed by atoms with Gasteiger partial charge in [-0.2, -0.15) is 5.26 Å². The summed E-state index contributed by atoms with van der Waals surface area (Å²) in [5.41, 5.74) is 4.94. The van der Waals surface area contributed by atoms with Crippen LogP contribution >= 0.6 is 0 Å². The van der Waals surface area contributed by atoms with Crippen LogP contribution in [0.5, 0.6) is 0 Å². The zero-order valence-electron chi connectivity index (χ0n) is 11.9. The maximum atomic E-state index is 11.9. The number of benzene rings is 1. The Morgan fingerprint density at radius 1 is 1.26 bits per heavy atom. The third-order valence-electron chi connectivity index (χ3n) is 4.00. The molecule has 1 saturated heterocycles. The average Bonchev–Trinajstić information content (AvgIpc) is 2.38. The lowest BCUT2D eigenvalue weighted by Gasteiger charge is -2.30. The van der Waals surface area contributed by atoms with Crippen molar-refractivity contribution in [3.05, 3.63) is 34.4 Å². The fraction of sp³-hybridized carbons (Fsp3) is 0.500. The highest BCUT2D eigenvalue weighted by atomic mass is 16.2. The van der Waals surface area contributed by atoms with Crippen molar-refractivity contribution >= 4 is 5.91 Å². The van der Waals surface area contributed by atoms with Crippen LogP contribution in [0, 0.1) is 38.0 Å². The number of nitriles is 1. The number of nitrogens with zero attached hydrogens (tertiary/aromatic N) is 2. The molecule has 2 rings (SSSR count). The van der Waals surface area contributed by atoms with Crippen molar-refractivity contribution in [1.29, 1.82) is 5.26 Å². The molecule has 1 aromatic rings. The number of carbonyl (C=O) groups excluding carboxylic acids is 1. The van der Waals surface area contributed by atoms with Crippen LogP contribution in [-0.2, 0) is 11.3 Å². The third-order valence-corrected chi connectivity index (χ3v) is 4.00. The molecule has 0 saturated carbocycles. The van der Waals surface area contributed by atoms with Gasteiger partial charge in [-0.05, 0) is 49.4 Å². The van der Waals surface area contributed by atoms with Crippen molar-refractivity contribution in [2.75, 3.05) is 6.54 Å². The number of piperidine rings is 1. The lowest BCUT2D eigenvalue weighted by Crippen LogP contribution is -2.39. The largest absolute Gasteiger partial charge is 0.337 e. The van der Waals surface area contributed by atoms with Gasteiger partial charge in [-0.25, -0.2) is 0 Å². The van der Waals surface area contributed by atoms with E-state index in [2.05, 4.69) is 39.0 Å². The molecule has 0 spiro atoms. The maximum absolute atomic E-state index is 11.9. The highest BCUT2D eigenvalue weighted by Gasteiger charge is 2.25. The van der Waals surface area contributed by atoms with E-state index in [1.807, 2.05) is 4.90 Å². The SMILES string of the molecule is Cc1cc(C)c(CN2CC(C#N)CCC2=O)cc1C. The minimum absolute atomic E-state index is 0.00967. The van der Waals surface area contributed by atoms with E-state index in [0.717, 1.165) is 0 Å². The first kappa shape index (κ1) is 13.6. The number of hydrogen-bond donors (Lipinski definition) is 0. The van der Waals surface area contributed by atoms with Gasteiger partial charge in [0, 0.05) is 19.5 Å². The van der Waals surface area contributed by atoms with E-state index in [1.165, 1.54) is 22.3 Å². The van der Waals surface area contributed by atoms with Gasteiger partial charge in [0.15, 0.2) is 0 Å². The predicted molar refractivity (Wildman–Crippen MR) is 74.4 cm³/mol. The third kappa shape index (κ3) is 2.96. The first-order chi connectivity index (χ1) is 9.01. The van der Waals surface area contributed by atoms with Crippen molar-refractivity contribution in [3.8, 4) is 6.07 Å². The lowest BCUT2D eigenvalue weighted by molar-refractivity contribution is -0.134. The van der Waals surface area contributed by atoms with Gasteiger partial charge in [0.05, 0.1) is 12.0 Å². The fourth-order valence-electron chi connectivity index (χ4n) is 2.57. The molecule has 1 aliphatic heterocycles. The predicted octanol–water partition coefficient (Wildman–Crippen LogP) is 2.87. The van der Waals surface area contributed by atoms with Crippen LogP contribution in [0.1, 0.15) is 35.1 Å². The van der Waals surface area contributed by atoms with Crippen molar-refractivity contribution in [3.63, 3.8) is 0 Å². The summed E-state index contributed by atoms with van der Waals surface area (Å²) in [5, 5.41) is 9.01. The minimum atomic E-state index is -0.00967. The lowest BCUT2D eigenvalue weighted by atomic mass is 9.96. The standard InChI is InChI=1S/C16H20N2O/c1-11-6-13(3)15(7-12(11)2)10-18-9-14(8-17)4-5-16(18)19/h6-7,14H,4-5,9-10H2,1-3H3. The Hall–Kier alpha value is -1.82. The second-order valence-electron chi connectivity index (χ2n) is 5.50. The van der Waals surface area contributed by atoms with Gasteiger partial charge in [0.1, 0.15) is 0 Å². The second-order valence-corrected chi connectivity index (χ2v) is 5.50. The molecule has 1 fully saturated rings. The Kier molecular flexibility index (Phi) is 3.90. The summed E-state index contributed by atoms with van der Waals surface area (Å²) < 4.78 is 0. The molecule has 3 nitrogen and oxygen atoms in total. The van der Waals surface area contributed by atoms with Crippen molar-refractivity contribution in [2.24, 2.45) is 5.92 Å². The van der Waals surface area contributed by atoms with E-state index >= 15 is 0 Å². The van der Waals surface area contributed by atoms with E-state index in [9.17, 15) is 4.79 Å². The van der Waals surface area contributed by atoms with E-state index in [1.54, 1.807) is 0 Å². The Bertz CT molecular complexity index is 542. The highest BCUT2D eigenvalue weighted by Crippen LogP contribution is 2.22. The Morgan fingerprint density at radius 2 is 1.95 bits per heavy atom. The molecule has 0 bridgehead atoms. The molecule has 1 atom stereocenters. The van der Waals surface area contributed by atoms with Crippen LogP contribution in [-0.4, -0.2) is 17.4 Å². The normalized spacial score (nSPS) is 19.4. The molecule has 0 N–H and O–H groups in total. The van der Waals surface area contributed by atoms with Crippen LogP contribution < -0.4 is 0 Å². The molecule has 1 heterocycles. The summed E-state index contributed by atoms with van der Waals surface area (Å²) in [6, 6.07) is 6.61. The van der Waals surface area contributed by atoms with E-state index in [-0.39, 0.29) is 11.8 Å². The van der Waals surface area contributed by atoms with Gasteiger partial charge in [-0.15, -0.1) is 0 Å². The van der Waals surface area contributed by atoms with Crippen molar-refractivity contribution < 1.29 is 4.79 Å². The quantitative estimate of drug-likeness (QED) is 0.816. The molecular formula is C16H20N2O. The molecule has 1 unspecified atom stereocenters. The topological polar surface area (TPSA) is 44.1 Å². The summed E-state index contributed by atoms with van der Waals surface area (Å²) in [7, 11) is 0. The molecule has 1 aliphatic rings. The monoisotopic (exact) mass is 256 g/mol. The summed E-state index contributed by atoms with van der Waals surface area (Å²) in [6.07, 6.45) is 1.21. The first-order valence-corrected chi connectivity index (χ1v) is 6.75. The van der Waals surface area contributed by atoms with Gasteiger partial charge >= 0.3 is 0 Å². The number of carbonyl (C=O) groups is 1. The number of likely N-dealkylation sites (tertiary alicyclic amines) is 1. The van der Waals surface area contributed by atoms with Gasteiger partial charge < -0.3 is 4.90 Å². The first-order valence-electron chi connectivity index (χ1n) is 6.75. The molecule has 0 radical (unpaired) electrons. The van der Waals surface area contributed by atoms with Gasteiger partial charge in [0.25, 0.3) is 0 Å². The fourth-order valence-corrected chi connectivity index (χ4v) is 2.57. The van der Waals surface area contributed by atoms with Crippen LogP contribution in [0.25, 0.3) is 0 Å². The van der Waals surface area contributed by atoms with Gasteiger partial charge in [-0.1, -0.05) is 12.1 Å². The summed E-state index contributed by atoms with van der Waals surface area (Å²) in [4.78, 5) is 13.8. The van der Waals surface area contributed by atoms with Crippen LogP contribution in [0.4, 0.5) is 0 Å². The zero-order valence-corrected chi connectivity index (χ0v) is 11.9. The molecule has 19 heavy (non-hydrogen) atoms. The van der Waals surface area contributed by atoms with Crippen molar-refractivity contribution in [2.45, 2.75) is 40.2 Å². The Morgan fingerprint density at radius 3 is 2.63 bits per heavy atom. The van der Waals surface area contributed by atoms with Crippen molar-refractivity contribution in [1.82, 2.24) is 4.90 Å². The molecule has 3 heteroatoms. The Labute approximate surface area is 114 Å². The average molecular weight is 256 g/mol. The maximum Gasteiger partial charge on any atom is 0.222 e.